The molecule has 0 aromatic heterocycles. The van der Waals surface area contributed by atoms with Gasteiger partial charge in [-0.1, -0.05) is 6.58 Å². The summed E-state index contributed by atoms with van der Waals surface area (Å²) in [5.74, 6) is -0.494. The first kappa shape index (κ1) is 16.8. The Kier molecular flexibility index (Phi) is 5.18. The minimum atomic E-state index is -0.309. The monoisotopic (exact) mass is 374 g/mol. The lowest BCUT2D eigenvalue weighted by atomic mass is 10.1. The van der Waals surface area contributed by atoms with E-state index in [4.69, 9.17) is 0 Å². The summed E-state index contributed by atoms with van der Waals surface area (Å²) in [6.45, 7) is 3.43. The van der Waals surface area contributed by atoms with Gasteiger partial charge in [-0.3, -0.25) is 9.59 Å². The number of amides is 2. The molecule has 0 heterocycles. The molecule has 6 heteroatoms. The van der Waals surface area contributed by atoms with Crippen molar-refractivity contribution in [3.05, 3.63) is 65.2 Å². The van der Waals surface area contributed by atoms with Gasteiger partial charge in [0.1, 0.15) is 5.75 Å². The maximum absolute atomic E-state index is 12.2. The van der Waals surface area contributed by atoms with E-state index in [2.05, 4.69) is 27.8 Å². The van der Waals surface area contributed by atoms with Crippen LogP contribution < -0.4 is 10.2 Å². The number of nitrogens with one attached hydrogen (secondary N) is 1. The smallest absolute Gasteiger partial charge is 0.255 e. The van der Waals surface area contributed by atoms with Crippen LogP contribution in [-0.2, 0) is 4.79 Å². The molecule has 0 fully saturated rings. The SMILES string of the molecule is C=CC(=O)N(C)c1ccc(C(=O)Nc2ccc(Br)c(O)c2)cc1. The molecule has 0 radical (unpaired) electrons. The minimum Gasteiger partial charge on any atom is -0.507 e. The average Bonchev–Trinajstić information content (AvgIpc) is 2.57. The Bertz CT molecular complexity index is 757. The van der Waals surface area contributed by atoms with E-state index in [0.29, 0.717) is 21.4 Å². The Morgan fingerprint density at radius 3 is 2.43 bits per heavy atom. The van der Waals surface area contributed by atoms with E-state index in [9.17, 15) is 14.7 Å². The van der Waals surface area contributed by atoms with Crippen molar-refractivity contribution in [2.24, 2.45) is 0 Å². The highest BCUT2D eigenvalue weighted by Crippen LogP contribution is 2.27. The number of carbonyl (C=O) groups is 2. The Morgan fingerprint density at radius 2 is 1.87 bits per heavy atom. The number of phenolic OH excluding ortho intramolecular Hbond substituents is 1. The quantitative estimate of drug-likeness (QED) is 0.803. The first-order valence-electron chi connectivity index (χ1n) is 6.72. The molecule has 2 aromatic carbocycles. The zero-order chi connectivity index (χ0) is 17.0. The van der Waals surface area contributed by atoms with Crippen LogP contribution in [0.15, 0.2) is 59.6 Å². The molecule has 0 aliphatic rings. The number of aromatic hydroxyl groups is 1. The van der Waals surface area contributed by atoms with Crippen molar-refractivity contribution in [1.29, 1.82) is 0 Å². The van der Waals surface area contributed by atoms with Crippen molar-refractivity contribution < 1.29 is 14.7 Å². The average molecular weight is 375 g/mol. The Balaban J connectivity index is 2.12. The van der Waals surface area contributed by atoms with E-state index in [1.165, 1.54) is 17.0 Å². The molecular formula is C17H15BrN2O3. The van der Waals surface area contributed by atoms with Crippen LogP contribution in [0.1, 0.15) is 10.4 Å². The Hall–Kier alpha value is -2.60. The van der Waals surface area contributed by atoms with Gasteiger partial charge in [0.2, 0.25) is 5.91 Å². The Morgan fingerprint density at radius 1 is 1.22 bits per heavy atom. The number of likely N-dealkylation sites (N-methyl/N-ethyl adjacent to an activating group) is 1. The zero-order valence-corrected chi connectivity index (χ0v) is 14.0. The van der Waals surface area contributed by atoms with Crippen molar-refractivity contribution in [2.45, 2.75) is 0 Å². The fourth-order valence-corrected chi connectivity index (χ4v) is 2.14. The van der Waals surface area contributed by atoms with E-state index in [1.54, 1.807) is 43.4 Å². The van der Waals surface area contributed by atoms with Crippen LogP contribution in [0, 0.1) is 0 Å². The molecule has 2 aromatic rings. The predicted octanol–water partition coefficient (Wildman–Crippen LogP) is 3.56. The largest absolute Gasteiger partial charge is 0.507 e. The van der Waals surface area contributed by atoms with E-state index in [0.717, 1.165) is 0 Å². The van der Waals surface area contributed by atoms with Gasteiger partial charge in [0.15, 0.2) is 0 Å². The fraction of sp³-hybridized carbons (Fsp3) is 0.0588. The van der Waals surface area contributed by atoms with Crippen molar-refractivity contribution in [3.8, 4) is 5.75 Å². The molecule has 2 amide bonds. The van der Waals surface area contributed by atoms with E-state index in [1.807, 2.05) is 0 Å². The third kappa shape index (κ3) is 3.98. The van der Waals surface area contributed by atoms with Crippen LogP contribution in [-0.4, -0.2) is 24.0 Å². The topological polar surface area (TPSA) is 69.6 Å². The lowest BCUT2D eigenvalue weighted by molar-refractivity contribution is -0.113. The second-order valence-electron chi connectivity index (χ2n) is 4.77. The predicted molar refractivity (Wildman–Crippen MR) is 93.8 cm³/mol. The van der Waals surface area contributed by atoms with Gasteiger partial charge < -0.3 is 15.3 Å². The van der Waals surface area contributed by atoms with Crippen molar-refractivity contribution >= 4 is 39.1 Å². The molecule has 2 rings (SSSR count). The normalized spacial score (nSPS) is 10.0. The standard InChI is InChI=1S/C17H15BrN2O3/c1-3-16(22)20(2)13-7-4-11(5-8-13)17(23)19-12-6-9-14(18)15(21)10-12/h3-10,21H,1H2,2H3,(H,19,23). The minimum absolute atomic E-state index is 0.0442. The molecule has 5 nitrogen and oxygen atoms in total. The number of halogens is 1. The van der Waals surface area contributed by atoms with E-state index >= 15 is 0 Å². The molecule has 0 atom stereocenters. The van der Waals surface area contributed by atoms with Crippen LogP contribution in [0.5, 0.6) is 5.75 Å². The molecule has 0 spiro atoms. The first-order valence-corrected chi connectivity index (χ1v) is 7.51. The fourth-order valence-electron chi connectivity index (χ4n) is 1.89. The second-order valence-corrected chi connectivity index (χ2v) is 5.62. The van der Waals surface area contributed by atoms with Gasteiger partial charge >= 0.3 is 0 Å². The number of anilines is 2. The summed E-state index contributed by atoms with van der Waals surface area (Å²) in [6.07, 6.45) is 1.22. The molecule has 0 unspecified atom stereocenters. The van der Waals surface area contributed by atoms with Crippen LogP contribution in [0.25, 0.3) is 0 Å². The lowest BCUT2D eigenvalue weighted by Crippen LogP contribution is -2.23. The Labute approximate surface area is 142 Å². The molecule has 2 N–H and O–H groups in total. The van der Waals surface area contributed by atoms with Gasteiger partial charge in [0.05, 0.1) is 4.47 Å². The third-order valence-corrected chi connectivity index (χ3v) is 3.90. The van der Waals surface area contributed by atoms with Gasteiger partial charge in [-0.05, 0) is 58.4 Å². The number of carbonyl (C=O) groups excluding carboxylic acids is 2. The maximum atomic E-state index is 12.2. The summed E-state index contributed by atoms with van der Waals surface area (Å²) in [5, 5.41) is 12.3. The van der Waals surface area contributed by atoms with Gasteiger partial charge in [0.25, 0.3) is 5.91 Å². The van der Waals surface area contributed by atoms with Gasteiger partial charge in [0, 0.05) is 30.1 Å². The van der Waals surface area contributed by atoms with Crippen molar-refractivity contribution in [3.63, 3.8) is 0 Å². The third-order valence-electron chi connectivity index (χ3n) is 3.23. The number of rotatable bonds is 4. The van der Waals surface area contributed by atoms with Gasteiger partial charge in [-0.25, -0.2) is 0 Å². The van der Waals surface area contributed by atoms with E-state index in [-0.39, 0.29) is 17.6 Å². The molecule has 0 bridgehead atoms. The van der Waals surface area contributed by atoms with Crippen LogP contribution in [0.2, 0.25) is 0 Å². The number of phenols is 1. The summed E-state index contributed by atoms with van der Waals surface area (Å²) in [4.78, 5) is 25.1. The highest BCUT2D eigenvalue weighted by Gasteiger charge is 2.10. The lowest BCUT2D eigenvalue weighted by Gasteiger charge is -2.15. The molecule has 0 aliphatic heterocycles. The van der Waals surface area contributed by atoms with Crippen molar-refractivity contribution in [1.82, 2.24) is 0 Å². The molecular weight excluding hydrogens is 360 g/mol. The van der Waals surface area contributed by atoms with Crippen LogP contribution >= 0.6 is 15.9 Å². The molecule has 0 aliphatic carbocycles. The summed E-state index contributed by atoms with van der Waals surface area (Å²) >= 11 is 3.18. The second kappa shape index (κ2) is 7.11. The summed E-state index contributed by atoms with van der Waals surface area (Å²) in [6, 6.07) is 11.4. The van der Waals surface area contributed by atoms with Crippen molar-refractivity contribution in [2.75, 3.05) is 17.3 Å². The summed E-state index contributed by atoms with van der Waals surface area (Å²) in [7, 11) is 1.63. The highest BCUT2D eigenvalue weighted by atomic mass is 79.9. The van der Waals surface area contributed by atoms with Gasteiger partial charge in [-0.2, -0.15) is 0 Å². The first-order chi connectivity index (χ1) is 10.9. The van der Waals surface area contributed by atoms with E-state index < -0.39 is 0 Å². The zero-order valence-electron chi connectivity index (χ0n) is 12.4. The molecule has 23 heavy (non-hydrogen) atoms. The van der Waals surface area contributed by atoms with Gasteiger partial charge in [-0.15, -0.1) is 0 Å². The summed E-state index contributed by atoms with van der Waals surface area (Å²) < 4.78 is 0.551. The number of hydrogen-bond donors (Lipinski definition) is 2. The van der Waals surface area contributed by atoms with Crippen LogP contribution in [0.4, 0.5) is 11.4 Å². The highest BCUT2D eigenvalue weighted by molar-refractivity contribution is 9.10. The number of benzene rings is 2. The number of hydrogen-bond acceptors (Lipinski definition) is 3. The summed E-state index contributed by atoms with van der Waals surface area (Å²) in [5.41, 5.74) is 1.59. The molecule has 0 saturated carbocycles. The molecule has 118 valence electrons. The maximum Gasteiger partial charge on any atom is 0.255 e. The van der Waals surface area contributed by atoms with Crippen LogP contribution in [0.3, 0.4) is 0 Å². The molecule has 0 saturated heterocycles. The number of nitrogens with zero attached hydrogens (tertiary/aromatic N) is 1.